The van der Waals surface area contributed by atoms with Crippen molar-refractivity contribution in [3.05, 3.63) is 53.2 Å². The number of pyridine rings is 1. The number of anilines is 1. The third-order valence-corrected chi connectivity index (χ3v) is 5.79. The largest absolute Gasteiger partial charge is 0.418 e. The molecule has 6 nitrogen and oxygen atoms in total. The second-order valence-corrected chi connectivity index (χ2v) is 8.28. The Hall–Kier alpha value is -2.30. The van der Waals surface area contributed by atoms with Crippen molar-refractivity contribution in [2.45, 2.75) is 11.2 Å². The number of carbonyl (C=O) groups is 2. The molecule has 2 aromatic rings. The molecule has 1 aromatic carbocycles. The monoisotopic (exact) mass is 472 g/mol. The van der Waals surface area contributed by atoms with Crippen LogP contribution in [0.25, 0.3) is 0 Å². The van der Waals surface area contributed by atoms with Crippen molar-refractivity contribution >= 4 is 40.9 Å². The molecule has 166 valence electrons. The van der Waals surface area contributed by atoms with Crippen LogP contribution in [0.5, 0.6) is 0 Å². The number of amides is 2. The predicted molar refractivity (Wildman–Crippen MR) is 113 cm³/mol. The highest BCUT2D eigenvalue weighted by Crippen LogP contribution is 2.34. The van der Waals surface area contributed by atoms with Gasteiger partial charge in [0.1, 0.15) is 0 Å². The van der Waals surface area contributed by atoms with Crippen LogP contribution >= 0.6 is 23.4 Å². The third-order valence-electron chi connectivity index (χ3n) is 4.64. The van der Waals surface area contributed by atoms with Gasteiger partial charge in [-0.25, -0.2) is 4.98 Å². The fourth-order valence-corrected chi connectivity index (χ4v) is 3.92. The van der Waals surface area contributed by atoms with Gasteiger partial charge in [-0.05, 0) is 24.3 Å². The molecule has 2 heterocycles. The first-order chi connectivity index (χ1) is 14.7. The van der Waals surface area contributed by atoms with Crippen LogP contribution in [0.3, 0.4) is 0 Å². The molecule has 1 aromatic heterocycles. The van der Waals surface area contributed by atoms with Crippen molar-refractivity contribution in [3.63, 3.8) is 0 Å². The first kappa shape index (κ1) is 23.4. The highest BCUT2D eigenvalue weighted by atomic mass is 35.5. The summed E-state index contributed by atoms with van der Waals surface area (Å²) < 4.78 is 39.2. The quantitative estimate of drug-likeness (QED) is 0.650. The van der Waals surface area contributed by atoms with E-state index in [0.29, 0.717) is 36.2 Å². The van der Waals surface area contributed by atoms with E-state index >= 15 is 0 Å². The van der Waals surface area contributed by atoms with E-state index in [4.69, 9.17) is 11.6 Å². The number of nitrogens with one attached hydrogen (secondary N) is 1. The topological polar surface area (TPSA) is 65.5 Å². The first-order valence-corrected chi connectivity index (χ1v) is 10.8. The Labute approximate surface area is 186 Å². The lowest BCUT2D eigenvalue weighted by atomic mass is 10.1. The summed E-state index contributed by atoms with van der Waals surface area (Å²) in [5.74, 6) is -0.325. The maximum absolute atomic E-state index is 13.1. The maximum Gasteiger partial charge on any atom is 0.418 e. The average molecular weight is 473 g/mol. The lowest BCUT2D eigenvalue weighted by Crippen LogP contribution is -2.50. The van der Waals surface area contributed by atoms with Gasteiger partial charge >= 0.3 is 6.18 Å². The normalized spacial score (nSPS) is 15.0. The van der Waals surface area contributed by atoms with E-state index < -0.39 is 17.6 Å². The molecule has 0 saturated carbocycles. The van der Waals surface area contributed by atoms with Gasteiger partial charge in [-0.2, -0.15) is 13.2 Å². The van der Waals surface area contributed by atoms with Crippen molar-refractivity contribution in [2.24, 2.45) is 0 Å². The average Bonchev–Trinajstić information content (AvgIpc) is 2.73. The number of rotatable bonds is 6. The fraction of sp³-hybridized carbons (Fsp3) is 0.350. The molecule has 0 spiro atoms. The summed E-state index contributed by atoms with van der Waals surface area (Å²) in [6.07, 6.45) is -3.03. The van der Waals surface area contributed by atoms with Gasteiger partial charge in [0.15, 0.2) is 0 Å². The number of hydrogen-bond donors (Lipinski definition) is 1. The molecule has 0 aliphatic carbocycles. The highest BCUT2D eigenvalue weighted by Gasteiger charge is 2.33. The highest BCUT2D eigenvalue weighted by molar-refractivity contribution is 7.99. The number of carbonyl (C=O) groups excluding carboxylic acids is 2. The van der Waals surface area contributed by atoms with E-state index in [1.54, 1.807) is 17.0 Å². The number of para-hydroxylation sites is 1. The minimum absolute atomic E-state index is 0.0371. The molecule has 11 heteroatoms. The van der Waals surface area contributed by atoms with Crippen LogP contribution < -0.4 is 5.32 Å². The maximum atomic E-state index is 13.1. The number of benzene rings is 1. The zero-order valence-electron chi connectivity index (χ0n) is 16.4. The summed E-state index contributed by atoms with van der Waals surface area (Å²) in [6, 6.07) is 8.32. The number of halogens is 4. The minimum Gasteiger partial charge on any atom is -0.339 e. The molecule has 1 saturated heterocycles. The molecule has 1 N–H and O–H groups in total. The Morgan fingerprint density at radius 2 is 1.81 bits per heavy atom. The Morgan fingerprint density at radius 1 is 1.10 bits per heavy atom. The van der Waals surface area contributed by atoms with Crippen LogP contribution in [0.1, 0.15) is 5.56 Å². The van der Waals surface area contributed by atoms with Gasteiger partial charge < -0.3 is 10.2 Å². The SMILES string of the molecule is O=C(CN1CCN(C(=O)CSc2ccc(Cl)cn2)CC1)Nc1ccccc1C(F)(F)F. The van der Waals surface area contributed by atoms with Gasteiger partial charge in [0.2, 0.25) is 11.8 Å². The number of piperazine rings is 1. The van der Waals surface area contributed by atoms with Gasteiger partial charge in [0.25, 0.3) is 0 Å². The number of alkyl halides is 3. The summed E-state index contributed by atoms with van der Waals surface area (Å²) in [6.45, 7) is 1.77. The number of aromatic nitrogens is 1. The number of nitrogens with zero attached hydrogens (tertiary/aromatic N) is 3. The van der Waals surface area contributed by atoms with Crippen LogP contribution in [0.4, 0.5) is 18.9 Å². The predicted octanol–water partition coefficient (Wildman–Crippen LogP) is 3.63. The zero-order valence-corrected chi connectivity index (χ0v) is 17.9. The van der Waals surface area contributed by atoms with Gasteiger partial charge in [0, 0.05) is 32.4 Å². The van der Waals surface area contributed by atoms with Crippen molar-refractivity contribution in [1.82, 2.24) is 14.8 Å². The second-order valence-electron chi connectivity index (χ2n) is 6.85. The Morgan fingerprint density at radius 3 is 2.45 bits per heavy atom. The van der Waals surface area contributed by atoms with E-state index in [9.17, 15) is 22.8 Å². The molecule has 0 radical (unpaired) electrons. The molecule has 1 aliphatic heterocycles. The van der Waals surface area contributed by atoms with E-state index in [1.807, 2.05) is 4.90 Å². The zero-order chi connectivity index (χ0) is 22.4. The summed E-state index contributed by atoms with van der Waals surface area (Å²) in [4.78, 5) is 32.3. The van der Waals surface area contributed by atoms with Crippen molar-refractivity contribution in [1.29, 1.82) is 0 Å². The Bertz CT molecular complexity index is 919. The molecule has 0 atom stereocenters. The molecular formula is C20H20ClF3N4O2S. The van der Waals surface area contributed by atoms with E-state index in [1.165, 1.54) is 36.2 Å². The second kappa shape index (κ2) is 10.3. The molecule has 1 aliphatic rings. The van der Waals surface area contributed by atoms with E-state index in [2.05, 4.69) is 10.3 Å². The van der Waals surface area contributed by atoms with Crippen molar-refractivity contribution < 1.29 is 22.8 Å². The molecule has 1 fully saturated rings. The first-order valence-electron chi connectivity index (χ1n) is 9.43. The Balaban J connectivity index is 1.44. The lowest BCUT2D eigenvalue weighted by Gasteiger charge is -2.34. The van der Waals surface area contributed by atoms with Crippen LogP contribution in [-0.2, 0) is 15.8 Å². The van der Waals surface area contributed by atoms with Crippen LogP contribution in [0, 0.1) is 0 Å². The molecule has 0 bridgehead atoms. The minimum atomic E-state index is -4.55. The van der Waals surface area contributed by atoms with Gasteiger partial charge in [0.05, 0.1) is 33.6 Å². The lowest BCUT2D eigenvalue weighted by molar-refractivity contribution is -0.137. The molecule has 31 heavy (non-hydrogen) atoms. The number of hydrogen-bond acceptors (Lipinski definition) is 5. The van der Waals surface area contributed by atoms with Crippen LogP contribution in [-0.4, -0.2) is 65.1 Å². The van der Waals surface area contributed by atoms with Crippen LogP contribution in [0.15, 0.2) is 47.6 Å². The summed E-state index contributed by atoms with van der Waals surface area (Å²) >= 11 is 7.10. The summed E-state index contributed by atoms with van der Waals surface area (Å²) in [5, 5.41) is 3.57. The summed E-state index contributed by atoms with van der Waals surface area (Å²) in [5.41, 5.74) is -1.15. The van der Waals surface area contributed by atoms with Crippen molar-refractivity contribution in [2.75, 3.05) is 43.8 Å². The molecule has 3 rings (SSSR count). The molecular weight excluding hydrogens is 453 g/mol. The van der Waals surface area contributed by atoms with Crippen molar-refractivity contribution in [3.8, 4) is 0 Å². The van der Waals surface area contributed by atoms with Gasteiger partial charge in [-0.3, -0.25) is 14.5 Å². The van der Waals surface area contributed by atoms with Gasteiger partial charge in [-0.15, -0.1) is 0 Å². The molecule has 2 amide bonds. The van der Waals surface area contributed by atoms with Crippen LogP contribution in [0.2, 0.25) is 5.02 Å². The Kier molecular flexibility index (Phi) is 7.79. The molecule has 0 unspecified atom stereocenters. The number of thioether (sulfide) groups is 1. The standard InChI is InChI=1S/C20H20ClF3N4O2S/c21-14-5-6-18(25-11-14)31-13-19(30)28-9-7-27(8-10-28)12-17(29)26-16-4-2-1-3-15(16)20(22,23)24/h1-6,11H,7-10,12-13H2,(H,26,29). The smallest absolute Gasteiger partial charge is 0.339 e. The van der Waals surface area contributed by atoms with E-state index in [0.717, 1.165) is 6.07 Å². The third kappa shape index (κ3) is 6.84. The summed E-state index contributed by atoms with van der Waals surface area (Å²) in [7, 11) is 0. The fourth-order valence-electron chi connectivity index (χ4n) is 3.06. The van der Waals surface area contributed by atoms with E-state index in [-0.39, 0.29) is 23.9 Å². The van der Waals surface area contributed by atoms with Gasteiger partial charge in [-0.1, -0.05) is 35.5 Å².